The Morgan fingerprint density at radius 2 is 1.35 bits per heavy atom. The highest BCUT2D eigenvalue weighted by molar-refractivity contribution is 6.12. The van der Waals surface area contributed by atoms with Gasteiger partial charge in [0.15, 0.2) is 5.78 Å². The summed E-state index contributed by atoms with van der Waals surface area (Å²) in [6, 6.07) is 7.81. The largest absolute Gasteiger partial charge is 0.354 e. The van der Waals surface area contributed by atoms with Gasteiger partial charge in [0, 0.05) is 38.7 Å². The van der Waals surface area contributed by atoms with Crippen LogP contribution in [0.15, 0.2) is 42.5 Å². The van der Waals surface area contributed by atoms with Crippen molar-refractivity contribution in [3.05, 3.63) is 48.0 Å². The molecule has 1 atom stereocenters. The summed E-state index contributed by atoms with van der Waals surface area (Å²) >= 11 is 0. The molecule has 1 aliphatic heterocycles. The van der Waals surface area contributed by atoms with Gasteiger partial charge in [-0.15, -0.1) is 0 Å². The van der Waals surface area contributed by atoms with E-state index in [1.807, 2.05) is 13.8 Å². The van der Waals surface area contributed by atoms with E-state index in [2.05, 4.69) is 26.6 Å². The molecule has 2 rings (SSSR count). The van der Waals surface area contributed by atoms with Crippen LogP contribution in [0.2, 0.25) is 0 Å². The van der Waals surface area contributed by atoms with Crippen LogP contribution in [0.1, 0.15) is 59.2 Å². The number of hydrogen-bond acceptors (Lipinski definition) is 9. The number of nitrogens with one attached hydrogen (secondary N) is 5. The van der Waals surface area contributed by atoms with Gasteiger partial charge in [-0.1, -0.05) is 50.6 Å². The van der Waals surface area contributed by atoms with Crippen LogP contribution in [0.5, 0.6) is 0 Å². The van der Waals surface area contributed by atoms with Crippen LogP contribution in [0.25, 0.3) is 0 Å². The molecule has 0 radical (unpaired) electrons. The first-order valence-corrected chi connectivity index (χ1v) is 15.1. The lowest BCUT2D eigenvalue weighted by atomic mass is 10.1. The number of carbonyl (C=O) groups is 8. The van der Waals surface area contributed by atoms with Crippen LogP contribution in [0.4, 0.5) is 0 Å². The smallest absolute Gasteiger partial charge is 0.253 e. The van der Waals surface area contributed by atoms with Crippen LogP contribution in [-0.4, -0.2) is 97.6 Å². The predicted molar refractivity (Wildman–Crippen MR) is 177 cm³/mol. The molecule has 46 heavy (non-hydrogen) atoms. The van der Waals surface area contributed by atoms with Gasteiger partial charge in [-0.25, -0.2) is 0 Å². The summed E-state index contributed by atoms with van der Waals surface area (Å²) in [5.41, 5.74) is 0.747. The normalized spacial score (nSPS) is 12.4. The van der Waals surface area contributed by atoms with E-state index in [9.17, 15) is 38.4 Å². The average Bonchev–Trinajstić information content (AvgIpc) is 3.36. The first-order chi connectivity index (χ1) is 22.0. The Bertz CT molecular complexity index is 1240. The Hall–Kier alpha value is -4.92. The van der Waals surface area contributed by atoms with Crippen molar-refractivity contribution in [1.82, 2.24) is 31.5 Å². The molecule has 1 heterocycles. The molecule has 1 aromatic rings. The Balaban J connectivity index is -0.000000989. The number of amides is 7. The zero-order chi connectivity index (χ0) is 34.3. The standard InChI is InChI=1S/C29H38N6O9.C2H6.5H2/c1-20(36)18-44-19-33-25(39)16-32-29(43)22(14-21-8-4-2-5-9-21)34-26(40)17-31-24(38)15-30-23(37)10-6-3-7-13-35-27(41)11-12-28(35)42;1-2;;;;;/h2,4-5,8-9,11-12,22H,3,6-7,10,13-19H2,1H3,(H,30,37)(H,31,38)(H,32,43)(H,33,39)(H,34,40);1-2H3;5*1H/t22-;;;;;;/m0....../s1. The fourth-order valence-corrected chi connectivity index (χ4v) is 3.88. The molecule has 5 N–H and O–H groups in total. The Morgan fingerprint density at radius 1 is 0.761 bits per heavy atom. The van der Waals surface area contributed by atoms with Gasteiger partial charge in [-0.05, 0) is 25.3 Å². The lowest BCUT2D eigenvalue weighted by molar-refractivity contribution is -0.137. The number of carbonyl (C=O) groups excluding carboxylic acids is 8. The van der Waals surface area contributed by atoms with E-state index in [-0.39, 0.29) is 69.9 Å². The maximum Gasteiger partial charge on any atom is 0.253 e. The van der Waals surface area contributed by atoms with Crippen LogP contribution in [-0.2, 0) is 49.5 Å². The second kappa shape index (κ2) is 22.6. The summed E-state index contributed by atoms with van der Waals surface area (Å²) < 4.78 is 4.95. The number of imide groups is 1. The number of unbranched alkanes of at least 4 members (excludes halogenated alkanes) is 2. The lowest BCUT2D eigenvalue weighted by Crippen LogP contribution is -2.52. The van der Waals surface area contributed by atoms with Crippen LogP contribution < -0.4 is 26.6 Å². The van der Waals surface area contributed by atoms with E-state index in [4.69, 9.17) is 4.74 Å². The zero-order valence-corrected chi connectivity index (χ0v) is 26.5. The van der Waals surface area contributed by atoms with Crippen molar-refractivity contribution in [2.75, 3.05) is 39.5 Å². The number of ether oxygens (including phenoxy) is 1. The summed E-state index contributed by atoms with van der Waals surface area (Å²) in [7, 11) is 0. The molecule has 0 aromatic heterocycles. The first kappa shape index (κ1) is 39.1. The van der Waals surface area contributed by atoms with Crippen molar-refractivity contribution >= 4 is 47.1 Å². The van der Waals surface area contributed by atoms with Crippen molar-refractivity contribution in [3.63, 3.8) is 0 Å². The maximum absolute atomic E-state index is 12.8. The molecule has 7 amide bonds. The third-order valence-corrected chi connectivity index (χ3v) is 6.11. The lowest BCUT2D eigenvalue weighted by Gasteiger charge is -2.19. The van der Waals surface area contributed by atoms with E-state index in [1.165, 1.54) is 19.1 Å². The van der Waals surface area contributed by atoms with Gasteiger partial charge < -0.3 is 31.3 Å². The minimum Gasteiger partial charge on any atom is -0.354 e. The SMILES string of the molecule is CC.CC(=O)COCNC(=O)CNC(=O)[C@H](Cc1ccccc1)NC(=O)CNC(=O)CNC(=O)CCCCCN1C(=O)C=CC1=O.[HH].[HH].[HH].[HH].[HH]. The molecule has 262 valence electrons. The van der Waals surface area contributed by atoms with Crippen molar-refractivity contribution in [1.29, 1.82) is 0 Å². The number of Topliss-reactive ketones (excluding diaryl/α,β-unsaturated/α-hetero) is 1. The Labute approximate surface area is 275 Å². The van der Waals surface area contributed by atoms with E-state index in [1.54, 1.807) is 30.3 Å². The van der Waals surface area contributed by atoms with Crippen LogP contribution in [0.3, 0.4) is 0 Å². The summed E-state index contributed by atoms with van der Waals surface area (Å²) in [4.78, 5) is 96.5. The Kier molecular flexibility index (Phi) is 19.2. The van der Waals surface area contributed by atoms with Gasteiger partial charge in [0.05, 0.1) is 19.6 Å². The molecular formula is C31H54N6O9. The molecule has 0 unspecified atom stereocenters. The maximum atomic E-state index is 12.8. The molecule has 0 bridgehead atoms. The fourth-order valence-electron chi connectivity index (χ4n) is 3.88. The van der Waals surface area contributed by atoms with E-state index in [0.29, 0.717) is 19.3 Å². The molecule has 0 saturated heterocycles. The summed E-state index contributed by atoms with van der Waals surface area (Å²) in [6.07, 6.45) is 4.35. The molecule has 0 saturated carbocycles. The van der Waals surface area contributed by atoms with E-state index >= 15 is 0 Å². The summed E-state index contributed by atoms with van der Waals surface area (Å²) in [5.74, 6) is -3.73. The second-order valence-electron chi connectivity index (χ2n) is 9.85. The highest BCUT2D eigenvalue weighted by Crippen LogP contribution is 2.08. The van der Waals surface area contributed by atoms with Crippen molar-refractivity contribution in [3.8, 4) is 0 Å². The van der Waals surface area contributed by atoms with Gasteiger partial charge in [0.25, 0.3) is 11.8 Å². The molecule has 15 nitrogen and oxygen atoms in total. The number of nitrogens with zero attached hydrogens (tertiary/aromatic N) is 1. The highest BCUT2D eigenvalue weighted by atomic mass is 16.5. The first-order valence-electron chi connectivity index (χ1n) is 15.1. The topological polar surface area (TPSA) is 209 Å². The highest BCUT2D eigenvalue weighted by Gasteiger charge is 2.23. The predicted octanol–water partition coefficient (Wildman–Crippen LogP) is 0.483. The van der Waals surface area contributed by atoms with Gasteiger partial charge in [0.1, 0.15) is 19.4 Å². The quantitative estimate of drug-likeness (QED) is 0.0751. The third kappa shape index (κ3) is 16.8. The summed E-state index contributed by atoms with van der Waals surface area (Å²) in [6.45, 7) is 4.05. The molecule has 1 aromatic carbocycles. The number of hydrogen-bond donors (Lipinski definition) is 5. The molecule has 1 aliphatic rings. The Morgan fingerprint density at radius 3 is 2.00 bits per heavy atom. The van der Waals surface area contributed by atoms with Crippen molar-refractivity contribution in [2.24, 2.45) is 0 Å². The van der Waals surface area contributed by atoms with E-state index in [0.717, 1.165) is 10.5 Å². The molecule has 0 fully saturated rings. The van der Waals surface area contributed by atoms with Crippen LogP contribution in [0, 0.1) is 0 Å². The average molecular weight is 655 g/mol. The number of benzene rings is 1. The minimum absolute atomic E-state index is 0. The molecule has 0 aliphatic carbocycles. The molecular weight excluding hydrogens is 600 g/mol. The van der Waals surface area contributed by atoms with E-state index < -0.39 is 42.8 Å². The van der Waals surface area contributed by atoms with Gasteiger partial charge in [0.2, 0.25) is 29.5 Å². The third-order valence-electron chi connectivity index (χ3n) is 6.11. The fraction of sp³-hybridized carbons (Fsp3) is 0.484. The zero-order valence-electron chi connectivity index (χ0n) is 26.5. The molecule has 0 spiro atoms. The van der Waals surface area contributed by atoms with Crippen molar-refractivity contribution < 1.29 is 50.2 Å². The molecule has 15 heteroatoms. The summed E-state index contributed by atoms with van der Waals surface area (Å²) in [5, 5.41) is 12.2. The van der Waals surface area contributed by atoms with Crippen molar-refractivity contribution in [2.45, 2.75) is 58.9 Å². The second-order valence-corrected chi connectivity index (χ2v) is 9.85. The number of rotatable bonds is 20. The number of ketones is 1. The monoisotopic (exact) mass is 654 g/mol. The van der Waals surface area contributed by atoms with Crippen LogP contribution >= 0.6 is 0 Å². The van der Waals surface area contributed by atoms with Gasteiger partial charge in [-0.2, -0.15) is 0 Å². The van der Waals surface area contributed by atoms with Gasteiger partial charge >= 0.3 is 0 Å². The minimum atomic E-state index is -1.05. The van der Waals surface area contributed by atoms with Gasteiger partial charge in [-0.3, -0.25) is 43.3 Å².